The Morgan fingerprint density at radius 1 is 1.30 bits per heavy atom. The molecule has 0 fully saturated rings. The minimum absolute atomic E-state index is 0.0859. The van der Waals surface area contributed by atoms with E-state index in [1.807, 2.05) is 31.2 Å². The van der Waals surface area contributed by atoms with Crippen molar-refractivity contribution in [1.82, 2.24) is 15.1 Å². The second-order valence-corrected chi connectivity index (χ2v) is 4.65. The minimum Gasteiger partial charge on any atom is -0.311 e. The molecule has 0 aliphatic rings. The number of benzene rings is 1. The van der Waals surface area contributed by atoms with Crippen LogP contribution < -0.4 is 5.32 Å². The van der Waals surface area contributed by atoms with Crippen molar-refractivity contribution in [2.45, 2.75) is 25.7 Å². The minimum atomic E-state index is -4.35. The lowest BCUT2D eigenvalue weighted by Crippen LogP contribution is -2.23. The van der Waals surface area contributed by atoms with Crippen molar-refractivity contribution >= 4 is 0 Å². The van der Waals surface area contributed by atoms with Gasteiger partial charge < -0.3 is 5.32 Å². The summed E-state index contributed by atoms with van der Waals surface area (Å²) in [5, 5.41) is 6.90. The smallest absolute Gasteiger partial charge is 0.311 e. The predicted octanol–water partition coefficient (Wildman–Crippen LogP) is 3.17. The van der Waals surface area contributed by atoms with Crippen LogP contribution in [0, 0.1) is 6.92 Å². The lowest BCUT2D eigenvalue weighted by molar-refractivity contribution is -0.137. The van der Waals surface area contributed by atoms with E-state index in [-0.39, 0.29) is 6.04 Å². The van der Waals surface area contributed by atoms with Crippen LogP contribution in [0.15, 0.2) is 36.7 Å². The van der Waals surface area contributed by atoms with Crippen LogP contribution in [-0.2, 0) is 12.7 Å². The van der Waals surface area contributed by atoms with Gasteiger partial charge in [-0.3, -0.25) is 4.68 Å². The Kier molecular flexibility index (Phi) is 4.13. The van der Waals surface area contributed by atoms with Crippen LogP contribution in [0.25, 0.3) is 0 Å². The van der Waals surface area contributed by atoms with Gasteiger partial charge >= 0.3 is 6.18 Å². The van der Waals surface area contributed by atoms with Gasteiger partial charge in [-0.1, -0.05) is 24.3 Å². The van der Waals surface area contributed by atoms with Crippen molar-refractivity contribution in [2.75, 3.05) is 7.05 Å². The number of hydrogen-bond acceptors (Lipinski definition) is 2. The van der Waals surface area contributed by atoms with Crippen molar-refractivity contribution in [3.63, 3.8) is 0 Å². The third kappa shape index (κ3) is 3.19. The average Bonchev–Trinajstić information content (AvgIpc) is 2.85. The topological polar surface area (TPSA) is 29.9 Å². The van der Waals surface area contributed by atoms with E-state index in [2.05, 4.69) is 10.4 Å². The van der Waals surface area contributed by atoms with E-state index in [1.165, 1.54) is 4.68 Å². The van der Waals surface area contributed by atoms with E-state index in [9.17, 15) is 13.2 Å². The molecule has 1 atom stereocenters. The number of nitrogens with zero attached hydrogens (tertiary/aromatic N) is 2. The molecule has 3 nitrogen and oxygen atoms in total. The highest BCUT2D eigenvalue weighted by atomic mass is 19.4. The summed E-state index contributed by atoms with van der Waals surface area (Å²) >= 11 is 0. The molecule has 2 aromatic rings. The monoisotopic (exact) mass is 283 g/mol. The molecular weight excluding hydrogens is 267 g/mol. The number of likely N-dealkylation sites (N-methyl/N-ethyl adjacent to an activating group) is 1. The first-order valence-corrected chi connectivity index (χ1v) is 6.24. The highest BCUT2D eigenvalue weighted by molar-refractivity contribution is 5.28. The first kappa shape index (κ1) is 14.6. The van der Waals surface area contributed by atoms with Crippen molar-refractivity contribution in [1.29, 1.82) is 0 Å². The van der Waals surface area contributed by atoms with Gasteiger partial charge in [-0.05, 0) is 25.1 Å². The number of halogens is 3. The average molecular weight is 283 g/mol. The molecule has 1 N–H and O–H groups in total. The highest BCUT2D eigenvalue weighted by Crippen LogP contribution is 2.29. The fraction of sp³-hybridized carbons (Fsp3) is 0.357. The van der Waals surface area contributed by atoms with Crippen LogP contribution in [0.1, 0.15) is 22.7 Å². The molecule has 108 valence electrons. The van der Waals surface area contributed by atoms with Crippen molar-refractivity contribution in [3.8, 4) is 0 Å². The SMILES string of the molecule is CNC(Cn1cc(C(F)(F)F)cn1)c1ccccc1C. The lowest BCUT2D eigenvalue weighted by atomic mass is 10.0. The number of aromatic nitrogens is 2. The van der Waals surface area contributed by atoms with Gasteiger partial charge in [-0.15, -0.1) is 0 Å². The van der Waals surface area contributed by atoms with E-state index < -0.39 is 11.7 Å². The van der Waals surface area contributed by atoms with E-state index in [0.29, 0.717) is 6.54 Å². The van der Waals surface area contributed by atoms with E-state index >= 15 is 0 Å². The molecule has 0 aliphatic heterocycles. The first-order chi connectivity index (χ1) is 9.41. The van der Waals surface area contributed by atoms with Gasteiger partial charge in [0.15, 0.2) is 0 Å². The van der Waals surface area contributed by atoms with Gasteiger partial charge in [0.05, 0.1) is 24.3 Å². The molecule has 1 heterocycles. The van der Waals surface area contributed by atoms with Crippen LogP contribution in [0.5, 0.6) is 0 Å². The van der Waals surface area contributed by atoms with Crippen LogP contribution in [0.3, 0.4) is 0 Å². The number of hydrogen-bond donors (Lipinski definition) is 1. The Morgan fingerprint density at radius 2 is 2.00 bits per heavy atom. The molecular formula is C14H16F3N3. The maximum absolute atomic E-state index is 12.5. The third-order valence-electron chi connectivity index (χ3n) is 3.24. The zero-order valence-corrected chi connectivity index (χ0v) is 11.3. The summed E-state index contributed by atoms with van der Waals surface area (Å²) < 4.78 is 38.9. The van der Waals surface area contributed by atoms with Crippen LogP contribution in [0.2, 0.25) is 0 Å². The largest absolute Gasteiger partial charge is 0.419 e. The van der Waals surface area contributed by atoms with Gasteiger partial charge in [0, 0.05) is 6.20 Å². The Bertz CT molecular complexity index is 575. The fourth-order valence-electron chi connectivity index (χ4n) is 2.12. The molecule has 0 amide bonds. The molecule has 1 aromatic heterocycles. The molecule has 20 heavy (non-hydrogen) atoms. The summed E-state index contributed by atoms with van der Waals surface area (Å²) in [6, 6.07) is 7.70. The van der Waals surface area contributed by atoms with Crippen LogP contribution >= 0.6 is 0 Å². The highest BCUT2D eigenvalue weighted by Gasteiger charge is 2.32. The summed E-state index contributed by atoms with van der Waals surface area (Å²) in [5.74, 6) is 0. The number of rotatable bonds is 4. The molecule has 1 aromatic carbocycles. The number of aryl methyl sites for hydroxylation is 1. The van der Waals surface area contributed by atoms with Gasteiger partial charge in [0.25, 0.3) is 0 Å². The van der Waals surface area contributed by atoms with Crippen molar-refractivity contribution in [2.24, 2.45) is 0 Å². The van der Waals surface area contributed by atoms with Crippen LogP contribution in [-0.4, -0.2) is 16.8 Å². The van der Waals surface area contributed by atoms with Gasteiger partial charge in [0.1, 0.15) is 0 Å². The Balaban J connectivity index is 2.19. The number of nitrogens with one attached hydrogen (secondary N) is 1. The zero-order chi connectivity index (χ0) is 14.8. The Labute approximate surface area is 115 Å². The summed E-state index contributed by atoms with van der Waals surface area (Å²) in [4.78, 5) is 0. The standard InChI is InChI=1S/C14H16F3N3/c1-10-5-3-4-6-12(10)13(18-2)9-20-8-11(7-19-20)14(15,16)17/h3-8,13,18H,9H2,1-2H3. The van der Waals surface area contributed by atoms with E-state index in [0.717, 1.165) is 23.5 Å². The first-order valence-electron chi connectivity index (χ1n) is 6.24. The molecule has 0 bridgehead atoms. The summed E-state index contributed by atoms with van der Waals surface area (Å²) in [6.07, 6.45) is -2.47. The maximum atomic E-state index is 12.5. The summed E-state index contributed by atoms with van der Waals surface area (Å²) in [5.41, 5.74) is 1.42. The molecule has 0 saturated heterocycles. The quantitative estimate of drug-likeness (QED) is 0.934. The Hall–Kier alpha value is -1.82. The maximum Gasteiger partial charge on any atom is 0.419 e. The summed E-state index contributed by atoms with van der Waals surface area (Å²) in [7, 11) is 1.78. The normalized spacial score (nSPS) is 13.4. The lowest BCUT2D eigenvalue weighted by Gasteiger charge is -2.18. The van der Waals surface area contributed by atoms with Crippen molar-refractivity contribution in [3.05, 3.63) is 53.3 Å². The molecule has 6 heteroatoms. The molecule has 0 aliphatic carbocycles. The second kappa shape index (κ2) is 5.66. The summed E-state index contributed by atoms with van der Waals surface area (Å²) in [6.45, 7) is 2.32. The third-order valence-corrected chi connectivity index (χ3v) is 3.24. The Morgan fingerprint density at radius 3 is 2.55 bits per heavy atom. The van der Waals surface area contributed by atoms with Gasteiger partial charge in [-0.25, -0.2) is 0 Å². The van der Waals surface area contributed by atoms with Crippen molar-refractivity contribution < 1.29 is 13.2 Å². The zero-order valence-electron chi connectivity index (χ0n) is 11.3. The predicted molar refractivity (Wildman–Crippen MR) is 70.2 cm³/mol. The van der Waals surface area contributed by atoms with E-state index in [4.69, 9.17) is 0 Å². The van der Waals surface area contributed by atoms with Gasteiger partial charge in [0.2, 0.25) is 0 Å². The van der Waals surface area contributed by atoms with E-state index in [1.54, 1.807) is 7.05 Å². The molecule has 1 unspecified atom stereocenters. The molecule has 0 saturated carbocycles. The molecule has 0 radical (unpaired) electrons. The van der Waals surface area contributed by atoms with Gasteiger partial charge in [-0.2, -0.15) is 18.3 Å². The number of alkyl halides is 3. The molecule has 2 rings (SSSR count). The fourth-order valence-corrected chi connectivity index (χ4v) is 2.12. The van der Waals surface area contributed by atoms with Crippen LogP contribution in [0.4, 0.5) is 13.2 Å². The second-order valence-electron chi connectivity index (χ2n) is 4.65. The molecule has 0 spiro atoms.